The Kier molecular flexibility index (Phi) is 5.67. The number of fused-ring (bicyclic) bond motifs is 1. The number of nitrogens with two attached hydrogens (primary N) is 1. The van der Waals surface area contributed by atoms with E-state index in [0.717, 1.165) is 24.3 Å². The SMILES string of the molecule is COc1ccccc1-n1c(=O)[nH]c2c(C(N)=O)nc(NN(C(=O)O)C3CCCCC3)nc21. The first-order valence-electron chi connectivity index (χ1n) is 10.2. The normalized spacial score (nSPS) is 14.3. The number of amides is 2. The molecule has 0 bridgehead atoms. The number of carbonyl (C=O) groups is 2. The Labute approximate surface area is 182 Å². The number of benzene rings is 1. The summed E-state index contributed by atoms with van der Waals surface area (Å²) in [5, 5.41) is 10.8. The van der Waals surface area contributed by atoms with E-state index >= 15 is 0 Å². The lowest BCUT2D eigenvalue weighted by molar-refractivity contribution is 0.0997. The van der Waals surface area contributed by atoms with E-state index < -0.39 is 17.7 Å². The van der Waals surface area contributed by atoms with Crippen LogP contribution in [0.4, 0.5) is 10.7 Å². The van der Waals surface area contributed by atoms with Gasteiger partial charge in [0.05, 0.1) is 18.8 Å². The van der Waals surface area contributed by atoms with Crippen LogP contribution in [0.3, 0.4) is 0 Å². The Hall–Kier alpha value is -4.09. The first kappa shape index (κ1) is 21.2. The first-order valence-corrected chi connectivity index (χ1v) is 10.2. The molecule has 12 nitrogen and oxygen atoms in total. The van der Waals surface area contributed by atoms with E-state index in [0.29, 0.717) is 24.3 Å². The molecule has 1 aliphatic rings. The number of primary amides is 1. The summed E-state index contributed by atoms with van der Waals surface area (Å²) in [5.74, 6) is -0.658. The maximum atomic E-state index is 12.8. The summed E-state index contributed by atoms with van der Waals surface area (Å²) in [6.07, 6.45) is 3.06. The van der Waals surface area contributed by atoms with E-state index in [1.807, 2.05) is 0 Å². The highest BCUT2D eigenvalue weighted by molar-refractivity contribution is 6.02. The lowest BCUT2D eigenvalue weighted by Gasteiger charge is -2.31. The van der Waals surface area contributed by atoms with Gasteiger partial charge in [0, 0.05) is 0 Å². The molecule has 4 rings (SSSR count). The van der Waals surface area contributed by atoms with Crippen molar-refractivity contribution < 1.29 is 19.4 Å². The third-order valence-electron chi connectivity index (χ3n) is 5.46. The third kappa shape index (κ3) is 3.82. The fourth-order valence-corrected chi connectivity index (χ4v) is 3.99. The molecular formula is C20H23N7O5. The number of hydrazine groups is 1. The van der Waals surface area contributed by atoms with Gasteiger partial charge in [0.2, 0.25) is 5.95 Å². The maximum Gasteiger partial charge on any atom is 0.426 e. The smallest absolute Gasteiger partial charge is 0.426 e. The van der Waals surface area contributed by atoms with Gasteiger partial charge in [0.25, 0.3) is 5.91 Å². The highest BCUT2D eigenvalue weighted by atomic mass is 16.5. The minimum Gasteiger partial charge on any atom is -0.495 e. The highest BCUT2D eigenvalue weighted by Gasteiger charge is 2.28. The number of aromatic nitrogens is 4. The van der Waals surface area contributed by atoms with Crippen LogP contribution in [0, 0.1) is 0 Å². The number of anilines is 1. The van der Waals surface area contributed by atoms with Crippen molar-refractivity contribution >= 4 is 29.1 Å². The molecule has 0 saturated heterocycles. The number of methoxy groups -OCH3 is 1. The van der Waals surface area contributed by atoms with Gasteiger partial charge in [-0.05, 0) is 25.0 Å². The number of aromatic amines is 1. The molecule has 1 aromatic carbocycles. The summed E-state index contributed by atoms with van der Waals surface area (Å²) in [6, 6.07) is 6.52. The van der Waals surface area contributed by atoms with Gasteiger partial charge < -0.3 is 20.6 Å². The third-order valence-corrected chi connectivity index (χ3v) is 5.46. The molecule has 0 aliphatic heterocycles. The number of carboxylic acid groups (broad SMARTS) is 1. The lowest BCUT2D eigenvalue weighted by Crippen LogP contribution is -2.45. The summed E-state index contributed by atoms with van der Waals surface area (Å²) in [4.78, 5) is 47.8. The van der Waals surface area contributed by atoms with E-state index in [1.165, 1.54) is 11.7 Å². The molecule has 168 valence electrons. The predicted molar refractivity (Wildman–Crippen MR) is 115 cm³/mol. The molecule has 2 heterocycles. The van der Waals surface area contributed by atoms with E-state index in [2.05, 4.69) is 20.4 Å². The van der Waals surface area contributed by atoms with E-state index in [4.69, 9.17) is 10.5 Å². The molecule has 1 aliphatic carbocycles. The van der Waals surface area contributed by atoms with Crippen LogP contribution >= 0.6 is 0 Å². The van der Waals surface area contributed by atoms with Crippen LogP contribution in [-0.2, 0) is 0 Å². The number of hydrogen-bond donors (Lipinski definition) is 4. The molecule has 0 spiro atoms. The Morgan fingerprint density at radius 2 is 1.97 bits per heavy atom. The molecular weight excluding hydrogens is 418 g/mol. The molecule has 32 heavy (non-hydrogen) atoms. The molecule has 2 aromatic heterocycles. The largest absolute Gasteiger partial charge is 0.495 e. The first-order chi connectivity index (χ1) is 15.4. The topological polar surface area (TPSA) is 168 Å². The molecule has 0 atom stereocenters. The number of H-pyrrole nitrogens is 1. The molecule has 3 aromatic rings. The van der Waals surface area contributed by atoms with Crippen LogP contribution in [0.5, 0.6) is 5.75 Å². The minimum atomic E-state index is -1.20. The van der Waals surface area contributed by atoms with Crippen molar-refractivity contribution in [2.75, 3.05) is 12.5 Å². The van der Waals surface area contributed by atoms with E-state index in [9.17, 15) is 19.5 Å². The quantitative estimate of drug-likeness (QED) is 0.420. The van der Waals surface area contributed by atoms with E-state index in [-0.39, 0.29) is 28.8 Å². The standard InChI is InChI=1S/C20H23N7O5/c1-32-13-10-6-5-9-12(13)26-17-15(23-19(26)29)14(16(21)28)22-18(24-17)25-27(20(30)31)11-7-3-2-4-8-11/h5-6,9-11H,2-4,7-8H2,1H3,(H2,21,28)(H,23,29)(H,30,31)(H,22,24,25). The molecule has 2 amide bonds. The molecule has 1 fully saturated rings. The molecule has 0 radical (unpaired) electrons. The Morgan fingerprint density at radius 1 is 1.25 bits per heavy atom. The molecule has 12 heteroatoms. The van der Waals surface area contributed by atoms with Gasteiger partial charge in [-0.3, -0.25) is 10.2 Å². The number of para-hydroxylation sites is 2. The number of imidazole rings is 1. The molecule has 0 unspecified atom stereocenters. The fraction of sp³-hybridized carbons (Fsp3) is 0.350. The van der Waals surface area contributed by atoms with Gasteiger partial charge in [-0.2, -0.15) is 4.98 Å². The zero-order chi connectivity index (χ0) is 22.8. The van der Waals surface area contributed by atoms with Gasteiger partial charge in [-0.15, -0.1) is 0 Å². The minimum absolute atomic E-state index is 0.0403. The summed E-state index contributed by atoms with van der Waals surface area (Å²) in [6.45, 7) is 0. The van der Waals surface area contributed by atoms with Crippen LogP contribution in [0.1, 0.15) is 42.6 Å². The zero-order valence-electron chi connectivity index (χ0n) is 17.4. The number of carbonyl (C=O) groups excluding carboxylic acids is 1. The number of hydrogen-bond acceptors (Lipinski definition) is 7. The Morgan fingerprint density at radius 3 is 2.62 bits per heavy atom. The van der Waals surface area contributed by atoms with Crippen LogP contribution in [0.15, 0.2) is 29.1 Å². The zero-order valence-corrected chi connectivity index (χ0v) is 17.4. The molecule has 5 N–H and O–H groups in total. The number of rotatable bonds is 6. The summed E-state index contributed by atoms with van der Waals surface area (Å²) >= 11 is 0. The summed E-state index contributed by atoms with van der Waals surface area (Å²) in [7, 11) is 1.46. The highest BCUT2D eigenvalue weighted by Crippen LogP contribution is 2.26. The van der Waals surface area contributed by atoms with Crippen molar-refractivity contribution in [3.05, 3.63) is 40.4 Å². The van der Waals surface area contributed by atoms with Gasteiger partial charge in [0.15, 0.2) is 11.3 Å². The van der Waals surface area contributed by atoms with E-state index in [1.54, 1.807) is 24.3 Å². The second-order valence-corrected chi connectivity index (χ2v) is 7.45. The second-order valence-electron chi connectivity index (χ2n) is 7.45. The van der Waals surface area contributed by atoms with Gasteiger partial charge in [-0.25, -0.2) is 24.1 Å². The number of nitrogens with zero attached hydrogens (tertiary/aromatic N) is 4. The summed E-state index contributed by atoms with van der Waals surface area (Å²) in [5.41, 5.74) is 7.85. The number of ether oxygens (including phenoxy) is 1. The van der Waals surface area contributed by atoms with Crippen molar-refractivity contribution in [1.82, 2.24) is 24.5 Å². The lowest BCUT2D eigenvalue weighted by atomic mass is 9.95. The molecule has 1 saturated carbocycles. The second kappa shape index (κ2) is 8.57. The van der Waals surface area contributed by atoms with Crippen LogP contribution in [0.25, 0.3) is 16.9 Å². The number of nitrogens with one attached hydrogen (secondary N) is 2. The Balaban J connectivity index is 1.86. The average Bonchev–Trinajstić information content (AvgIpc) is 3.12. The van der Waals surface area contributed by atoms with Crippen molar-refractivity contribution in [2.24, 2.45) is 5.73 Å². The van der Waals surface area contributed by atoms with Crippen molar-refractivity contribution in [3.63, 3.8) is 0 Å². The maximum absolute atomic E-state index is 12.8. The summed E-state index contributed by atoms with van der Waals surface area (Å²) < 4.78 is 6.57. The van der Waals surface area contributed by atoms with Gasteiger partial charge in [-0.1, -0.05) is 31.4 Å². The van der Waals surface area contributed by atoms with Gasteiger partial charge >= 0.3 is 11.8 Å². The van der Waals surface area contributed by atoms with Crippen molar-refractivity contribution in [1.29, 1.82) is 0 Å². The Bertz CT molecular complexity index is 1230. The monoisotopic (exact) mass is 441 g/mol. The van der Waals surface area contributed by atoms with Crippen LogP contribution < -0.4 is 21.6 Å². The average molecular weight is 441 g/mol. The fourth-order valence-electron chi connectivity index (χ4n) is 3.99. The predicted octanol–water partition coefficient (Wildman–Crippen LogP) is 1.86. The van der Waals surface area contributed by atoms with Crippen LogP contribution in [-0.4, -0.2) is 54.8 Å². The van der Waals surface area contributed by atoms with Crippen molar-refractivity contribution in [2.45, 2.75) is 38.1 Å². The van der Waals surface area contributed by atoms with Gasteiger partial charge in [0.1, 0.15) is 11.3 Å². The van der Waals surface area contributed by atoms with Crippen molar-refractivity contribution in [3.8, 4) is 11.4 Å². The van der Waals surface area contributed by atoms with Crippen LogP contribution in [0.2, 0.25) is 0 Å².